The first kappa shape index (κ1) is 21.8. The normalized spacial score (nSPS) is 17.2. The molecule has 5 nitrogen and oxygen atoms in total. The van der Waals surface area contributed by atoms with E-state index in [1.165, 1.54) is 24.0 Å². The zero-order valence-corrected chi connectivity index (χ0v) is 18.3. The maximum Gasteiger partial charge on any atom is 0.191 e. The largest absolute Gasteiger partial charge is 0.469 e. The molecule has 1 aromatic carbocycles. The van der Waals surface area contributed by atoms with Crippen LogP contribution in [0.5, 0.6) is 0 Å². The maximum absolute atomic E-state index is 5.81. The Bertz CT molecular complexity index is 665. The van der Waals surface area contributed by atoms with Crippen molar-refractivity contribution in [3.63, 3.8) is 0 Å². The van der Waals surface area contributed by atoms with Crippen LogP contribution in [-0.4, -0.2) is 31.8 Å². The number of halogens is 1. The van der Waals surface area contributed by atoms with Gasteiger partial charge in [0, 0.05) is 26.1 Å². The molecule has 1 aliphatic rings. The van der Waals surface area contributed by atoms with Gasteiger partial charge in [0.2, 0.25) is 0 Å². The molecule has 2 N–H and O–H groups in total. The van der Waals surface area contributed by atoms with Gasteiger partial charge in [-0.25, -0.2) is 4.99 Å². The molecule has 0 spiro atoms. The molecule has 2 heterocycles. The van der Waals surface area contributed by atoms with Crippen LogP contribution in [0.15, 0.2) is 52.1 Å². The number of furan rings is 1. The highest BCUT2D eigenvalue weighted by molar-refractivity contribution is 14.0. The van der Waals surface area contributed by atoms with E-state index in [1.54, 1.807) is 6.26 Å². The quantitative estimate of drug-likeness (QED) is 0.355. The zero-order valence-electron chi connectivity index (χ0n) is 15.9. The molecule has 1 aromatic heterocycles. The molecule has 1 unspecified atom stereocenters. The summed E-state index contributed by atoms with van der Waals surface area (Å²) in [6, 6.07) is 12.4. The number of hydrogen-bond acceptors (Lipinski definition) is 3. The Morgan fingerprint density at radius 1 is 1.15 bits per heavy atom. The lowest BCUT2D eigenvalue weighted by atomic mass is 10.1. The number of rotatable bonds is 7. The third-order valence-corrected chi connectivity index (χ3v) is 4.56. The van der Waals surface area contributed by atoms with Crippen LogP contribution in [0.1, 0.15) is 36.1 Å². The van der Waals surface area contributed by atoms with Gasteiger partial charge in [-0.1, -0.05) is 29.8 Å². The molecule has 148 valence electrons. The van der Waals surface area contributed by atoms with Crippen LogP contribution in [0.3, 0.4) is 0 Å². The van der Waals surface area contributed by atoms with Crippen molar-refractivity contribution in [2.24, 2.45) is 4.99 Å². The first-order chi connectivity index (χ1) is 12.8. The Kier molecular flexibility index (Phi) is 9.69. The van der Waals surface area contributed by atoms with E-state index in [1.807, 2.05) is 12.1 Å². The number of aryl methyl sites for hydroxylation is 1. The molecule has 1 aliphatic heterocycles. The van der Waals surface area contributed by atoms with E-state index in [4.69, 9.17) is 14.1 Å². The lowest BCUT2D eigenvalue weighted by Crippen LogP contribution is -2.43. The van der Waals surface area contributed by atoms with Crippen molar-refractivity contribution >= 4 is 29.9 Å². The van der Waals surface area contributed by atoms with Crippen molar-refractivity contribution in [3.8, 4) is 0 Å². The van der Waals surface area contributed by atoms with Crippen molar-refractivity contribution in [2.45, 2.75) is 45.3 Å². The van der Waals surface area contributed by atoms with Gasteiger partial charge in [0.05, 0.1) is 18.9 Å². The van der Waals surface area contributed by atoms with Gasteiger partial charge >= 0.3 is 0 Å². The smallest absolute Gasteiger partial charge is 0.191 e. The van der Waals surface area contributed by atoms with E-state index in [0.29, 0.717) is 6.54 Å². The molecule has 2 aromatic rings. The maximum atomic E-state index is 5.81. The minimum Gasteiger partial charge on any atom is -0.469 e. The van der Waals surface area contributed by atoms with E-state index in [9.17, 15) is 0 Å². The standard InChI is InChI=1S/C21H29N3O2.HI/c1-17-7-9-18(10-8-17)15-23-21(22-12-11-19-6-4-14-25-19)24-16-20-5-2-3-13-26-20;/h4,6-10,14,20H,2-3,5,11-13,15-16H2,1H3,(H2,22,23,24);1H. The second-order valence-electron chi connectivity index (χ2n) is 6.78. The summed E-state index contributed by atoms with van der Waals surface area (Å²) in [5.41, 5.74) is 2.47. The highest BCUT2D eigenvalue weighted by atomic mass is 127. The summed E-state index contributed by atoms with van der Waals surface area (Å²) in [6.07, 6.45) is 6.35. The van der Waals surface area contributed by atoms with Crippen molar-refractivity contribution in [1.29, 1.82) is 0 Å². The van der Waals surface area contributed by atoms with E-state index in [0.717, 1.165) is 44.3 Å². The Labute approximate surface area is 179 Å². The molecule has 1 fully saturated rings. The van der Waals surface area contributed by atoms with Gasteiger partial charge in [-0.05, 0) is 43.9 Å². The number of hydrogen-bond donors (Lipinski definition) is 2. The topological polar surface area (TPSA) is 58.8 Å². The Balaban J connectivity index is 0.00000261. The van der Waals surface area contributed by atoms with Gasteiger partial charge in [0.25, 0.3) is 0 Å². The molecule has 3 rings (SSSR count). The number of aliphatic imine (C=N–C) groups is 1. The summed E-state index contributed by atoms with van der Waals surface area (Å²) in [7, 11) is 0. The van der Waals surface area contributed by atoms with E-state index >= 15 is 0 Å². The van der Waals surface area contributed by atoms with Crippen molar-refractivity contribution in [2.75, 3.05) is 19.7 Å². The molecule has 27 heavy (non-hydrogen) atoms. The van der Waals surface area contributed by atoms with Crippen LogP contribution in [-0.2, 0) is 17.7 Å². The minimum atomic E-state index is 0. The first-order valence-corrected chi connectivity index (χ1v) is 9.51. The highest BCUT2D eigenvalue weighted by Crippen LogP contribution is 2.11. The van der Waals surface area contributed by atoms with E-state index in [-0.39, 0.29) is 30.1 Å². The number of guanidine groups is 1. The molecule has 0 bridgehead atoms. The molecular weight excluding hydrogens is 453 g/mol. The van der Waals surface area contributed by atoms with E-state index < -0.39 is 0 Å². The first-order valence-electron chi connectivity index (χ1n) is 9.51. The number of ether oxygens (including phenoxy) is 1. The number of nitrogens with one attached hydrogen (secondary N) is 2. The van der Waals surface area contributed by atoms with Gasteiger partial charge in [0.15, 0.2) is 5.96 Å². The number of benzene rings is 1. The van der Waals surface area contributed by atoms with Gasteiger partial charge in [0.1, 0.15) is 5.76 Å². The van der Waals surface area contributed by atoms with Crippen LogP contribution in [0, 0.1) is 6.92 Å². The minimum absolute atomic E-state index is 0. The van der Waals surface area contributed by atoms with Crippen LogP contribution in [0.25, 0.3) is 0 Å². The van der Waals surface area contributed by atoms with Crippen LogP contribution < -0.4 is 10.6 Å². The number of nitrogens with zero attached hydrogens (tertiary/aromatic N) is 1. The van der Waals surface area contributed by atoms with E-state index in [2.05, 4.69) is 41.8 Å². The van der Waals surface area contributed by atoms with Crippen molar-refractivity contribution in [3.05, 3.63) is 59.5 Å². The zero-order chi connectivity index (χ0) is 18.0. The van der Waals surface area contributed by atoms with Gasteiger partial charge in [-0.3, -0.25) is 0 Å². The molecule has 0 amide bonds. The fraction of sp³-hybridized carbons (Fsp3) is 0.476. The SMILES string of the molecule is Cc1ccc(CN=C(NCCc2ccco2)NCC2CCCCO2)cc1.I. The van der Waals surface area contributed by atoms with Crippen LogP contribution >= 0.6 is 24.0 Å². The second kappa shape index (κ2) is 12.0. The predicted molar refractivity (Wildman–Crippen MR) is 120 cm³/mol. The molecule has 1 saturated heterocycles. The summed E-state index contributed by atoms with van der Waals surface area (Å²) in [4.78, 5) is 4.74. The Morgan fingerprint density at radius 3 is 2.70 bits per heavy atom. The Morgan fingerprint density at radius 2 is 2.00 bits per heavy atom. The Hall–Kier alpha value is -1.54. The summed E-state index contributed by atoms with van der Waals surface area (Å²) in [6.45, 7) is 5.19. The average Bonchev–Trinajstić information content (AvgIpc) is 3.19. The highest BCUT2D eigenvalue weighted by Gasteiger charge is 2.14. The third kappa shape index (κ3) is 7.92. The predicted octanol–water partition coefficient (Wildman–Crippen LogP) is 4.05. The monoisotopic (exact) mass is 483 g/mol. The van der Waals surface area contributed by atoms with Crippen molar-refractivity contribution in [1.82, 2.24) is 10.6 Å². The van der Waals surface area contributed by atoms with Gasteiger partial charge < -0.3 is 19.8 Å². The van der Waals surface area contributed by atoms with Crippen LogP contribution in [0.4, 0.5) is 0 Å². The molecule has 6 heteroatoms. The fourth-order valence-electron chi connectivity index (χ4n) is 2.98. The molecule has 0 saturated carbocycles. The molecular formula is C21H30IN3O2. The summed E-state index contributed by atoms with van der Waals surface area (Å²) >= 11 is 0. The lowest BCUT2D eigenvalue weighted by Gasteiger charge is -2.23. The molecule has 1 atom stereocenters. The summed E-state index contributed by atoms with van der Waals surface area (Å²) in [5.74, 6) is 1.80. The lowest BCUT2D eigenvalue weighted by molar-refractivity contribution is 0.0194. The van der Waals surface area contributed by atoms with Crippen LogP contribution in [0.2, 0.25) is 0 Å². The second-order valence-corrected chi connectivity index (χ2v) is 6.78. The van der Waals surface area contributed by atoms with Gasteiger partial charge in [-0.15, -0.1) is 24.0 Å². The summed E-state index contributed by atoms with van der Waals surface area (Å²) < 4.78 is 11.2. The van der Waals surface area contributed by atoms with Gasteiger partial charge in [-0.2, -0.15) is 0 Å². The average molecular weight is 483 g/mol. The van der Waals surface area contributed by atoms with Crippen molar-refractivity contribution < 1.29 is 9.15 Å². The molecule has 0 aliphatic carbocycles. The summed E-state index contributed by atoms with van der Waals surface area (Å²) in [5, 5.41) is 6.84. The third-order valence-electron chi connectivity index (χ3n) is 4.56. The molecule has 0 radical (unpaired) electrons. The fourth-order valence-corrected chi connectivity index (χ4v) is 2.98.